The molecule has 1 saturated heterocycles. The number of carbonyl (C=O) groups excluding carboxylic acids is 1. The summed E-state index contributed by atoms with van der Waals surface area (Å²) in [4.78, 5) is 30.8. The van der Waals surface area contributed by atoms with Crippen molar-refractivity contribution in [1.29, 1.82) is 0 Å². The second-order valence-corrected chi connectivity index (χ2v) is 10.4. The third-order valence-corrected chi connectivity index (χ3v) is 8.22. The molecule has 0 atom stereocenters. The van der Waals surface area contributed by atoms with Crippen molar-refractivity contribution in [2.75, 3.05) is 0 Å². The Hall–Kier alpha value is -3.17. The van der Waals surface area contributed by atoms with E-state index in [0.717, 1.165) is 53.2 Å². The third-order valence-electron chi connectivity index (χ3n) is 6.03. The fourth-order valence-corrected chi connectivity index (χ4v) is 6.76. The Balaban J connectivity index is 1.50. The number of aromatic nitrogens is 1. The van der Waals surface area contributed by atoms with Gasteiger partial charge < -0.3 is 15.0 Å². The van der Waals surface area contributed by atoms with E-state index in [9.17, 15) is 19.1 Å². The molecule has 2 aromatic heterocycles. The van der Waals surface area contributed by atoms with Gasteiger partial charge in [-0.1, -0.05) is 0 Å². The molecule has 34 heavy (non-hydrogen) atoms. The van der Waals surface area contributed by atoms with Crippen LogP contribution in [0.3, 0.4) is 0 Å². The molecule has 0 spiro atoms. The minimum Gasteiger partial charge on any atom is -0.478 e. The predicted molar refractivity (Wildman–Crippen MR) is 134 cm³/mol. The number of aliphatic imine (C=N–C) groups is 1. The molecule has 1 aromatic carbocycles. The number of nitrogens with one attached hydrogen (secondary N) is 1. The number of benzene rings is 1. The summed E-state index contributed by atoms with van der Waals surface area (Å²) in [7, 11) is 0. The monoisotopic (exact) mass is 495 g/mol. The predicted octanol–water partition coefficient (Wildman–Crippen LogP) is 5.76. The maximum atomic E-state index is 13.1. The van der Waals surface area contributed by atoms with Crippen LogP contribution in [0.1, 0.15) is 50.6 Å². The van der Waals surface area contributed by atoms with E-state index in [4.69, 9.17) is 0 Å². The van der Waals surface area contributed by atoms with E-state index in [1.54, 1.807) is 29.5 Å². The van der Waals surface area contributed by atoms with E-state index in [1.807, 2.05) is 24.5 Å². The Kier molecular flexibility index (Phi) is 5.91. The molecule has 1 amide bonds. The van der Waals surface area contributed by atoms with Crippen molar-refractivity contribution >= 4 is 51.9 Å². The number of thiophene rings is 1. The summed E-state index contributed by atoms with van der Waals surface area (Å²) < 4.78 is 15.1. The first-order valence-corrected chi connectivity index (χ1v) is 12.6. The van der Waals surface area contributed by atoms with E-state index in [-0.39, 0.29) is 11.7 Å². The van der Waals surface area contributed by atoms with Crippen LogP contribution in [0.5, 0.6) is 0 Å². The number of thioether (sulfide) groups is 1. The summed E-state index contributed by atoms with van der Waals surface area (Å²) in [6, 6.07) is 7.70. The molecule has 5 rings (SSSR count). The lowest BCUT2D eigenvalue weighted by Crippen LogP contribution is -2.19. The number of hydrogen-bond donors (Lipinski definition) is 2. The maximum Gasteiger partial charge on any atom is 0.339 e. The van der Waals surface area contributed by atoms with Crippen molar-refractivity contribution in [1.82, 2.24) is 9.88 Å². The molecule has 0 saturated carbocycles. The van der Waals surface area contributed by atoms with Crippen LogP contribution in [-0.4, -0.2) is 26.7 Å². The number of amides is 1. The zero-order valence-electron chi connectivity index (χ0n) is 18.6. The molecule has 0 radical (unpaired) electrons. The zero-order valence-corrected chi connectivity index (χ0v) is 20.3. The molecule has 0 bridgehead atoms. The molecule has 2 aliphatic rings. The number of aromatic carboxylic acids is 1. The minimum atomic E-state index is -0.894. The number of aryl methyl sites for hydroxylation is 2. The van der Waals surface area contributed by atoms with Crippen LogP contribution in [0.2, 0.25) is 0 Å². The first-order chi connectivity index (χ1) is 16.3. The Bertz CT molecular complexity index is 1380. The molecule has 1 aliphatic carbocycles. The number of rotatable bonds is 4. The second kappa shape index (κ2) is 8.88. The lowest BCUT2D eigenvalue weighted by molar-refractivity contribution is -0.115. The number of fused-ring (bicyclic) bond motifs is 1. The van der Waals surface area contributed by atoms with Gasteiger partial charge in [0, 0.05) is 16.3 Å². The molecule has 1 fully saturated rings. The zero-order chi connectivity index (χ0) is 24.0. The Morgan fingerprint density at radius 1 is 1.21 bits per heavy atom. The Morgan fingerprint density at radius 2 is 1.94 bits per heavy atom. The number of hydrogen-bond acceptors (Lipinski definition) is 5. The van der Waals surface area contributed by atoms with Gasteiger partial charge in [0.2, 0.25) is 0 Å². The average Bonchev–Trinajstić information content (AvgIpc) is 3.43. The first-order valence-electron chi connectivity index (χ1n) is 10.9. The van der Waals surface area contributed by atoms with E-state index in [0.29, 0.717) is 21.3 Å². The van der Waals surface area contributed by atoms with Crippen molar-refractivity contribution in [3.05, 3.63) is 74.0 Å². The van der Waals surface area contributed by atoms with Crippen molar-refractivity contribution < 1.29 is 19.1 Å². The molecule has 174 valence electrons. The lowest BCUT2D eigenvalue weighted by Gasteiger charge is -2.11. The van der Waals surface area contributed by atoms with Crippen LogP contribution in [0.25, 0.3) is 11.1 Å². The molecule has 1 aliphatic heterocycles. The minimum absolute atomic E-state index is 0.256. The van der Waals surface area contributed by atoms with Gasteiger partial charge in [-0.3, -0.25) is 4.79 Å². The summed E-state index contributed by atoms with van der Waals surface area (Å²) in [5.74, 6) is -1.50. The number of amidine groups is 1. The van der Waals surface area contributed by atoms with Crippen LogP contribution < -0.4 is 5.32 Å². The summed E-state index contributed by atoms with van der Waals surface area (Å²) in [5, 5.41) is 13.9. The van der Waals surface area contributed by atoms with Gasteiger partial charge in [0.25, 0.3) is 5.91 Å². The number of halogens is 1. The summed E-state index contributed by atoms with van der Waals surface area (Å²) in [5.41, 5.74) is 4.56. The normalized spacial score (nSPS) is 17.9. The first kappa shape index (κ1) is 22.6. The molecule has 2 N–H and O–H groups in total. The second-order valence-electron chi connectivity index (χ2n) is 8.32. The SMILES string of the molecule is Cc1cc(C=C2SC(=Nc3ccc(F)cc3)NC2=O)c(C)n1-c1sc2c(c1C(=O)O)CCCC2. The van der Waals surface area contributed by atoms with Gasteiger partial charge in [0.1, 0.15) is 10.8 Å². The molecule has 3 heterocycles. The molecule has 9 heteroatoms. The van der Waals surface area contributed by atoms with Crippen molar-refractivity contribution in [2.45, 2.75) is 39.5 Å². The average molecular weight is 496 g/mol. The number of nitrogens with zero attached hydrogens (tertiary/aromatic N) is 2. The van der Waals surface area contributed by atoms with E-state index < -0.39 is 5.97 Å². The van der Waals surface area contributed by atoms with Crippen molar-refractivity contribution in [3.63, 3.8) is 0 Å². The van der Waals surface area contributed by atoms with Gasteiger partial charge >= 0.3 is 5.97 Å². The van der Waals surface area contributed by atoms with Crippen molar-refractivity contribution in [2.24, 2.45) is 4.99 Å². The third kappa shape index (κ3) is 4.10. The van der Waals surface area contributed by atoms with Gasteiger partial charge in [-0.25, -0.2) is 14.2 Å². The number of carboxylic acid groups (broad SMARTS) is 1. The van der Waals surface area contributed by atoms with Crippen LogP contribution >= 0.6 is 23.1 Å². The molecular weight excluding hydrogens is 473 g/mol. The number of carbonyl (C=O) groups is 2. The van der Waals surface area contributed by atoms with E-state index in [2.05, 4.69) is 10.3 Å². The maximum absolute atomic E-state index is 13.1. The topological polar surface area (TPSA) is 83.7 Å². The molecular formula is C25H22FN3O3S2. The standard InChI is InChI=1S/C25H22FN3O3S2/c1-13-11-15(12-20-22(30)28-25(34-20)27-17-9-7-16(26)8-10-17)14(2)29(13)23-21(24(31)32)18-5-3-4-6-19(18)33-23/h7-12H,3-6H2,1-2H3,(H,31,32)(H,27,28,30). The van der Waals surface area contributed by atoms with Crippen LogP contribution in [-0.2, 0) is 17.6 Å². The van der Waals surface area contributed by atoms with Crippen LogP contribution in [0, 0.1) is 19.7 Å². The van der Waals surface area contributed by atoms with Gasteiger partial charge in [-0.15, -0.1) is 11.3 Å². The Morgan fingerprint density at radius 3 is 2.68 bits per heavy atom. The number of carboxylic acids is 1. The summed E-state index contributed by atoms with van der Waals surface area (Å²) >= 11 is 2.78. The van der Waals surface area contributed by atoms with E-state index in [1.165, 1.54) is 28.8 Å². The highest BCUT2D eigenvalue weighted by Crippen LogP contribution is 2.39. The smallest absolute Gasteiger partial charge is 0.339 e. The molecule has 6 nitrogen and oxygen atoms in total. The highest BCUT2D eigenvalue weighted by atomic mass is 32.2. The molecule has 0 unspecified atom stereocenters. The fraction of sp³-hybridized carbons (Fsp3) is 0.240. The summed E-state index contributed by atoms with van der Waals surface area (Å²) in [6.07, 6.45) is 5.62. The van der Waals surface area contributed by atoms with Crippen molar-refractivity contribution in [3.8, 4) is 5.00 Å². The van der Waals surface area contributed by atoms with Gasteiger partial charge in [-0.2, -0.15) is 0 Å². The quantitative estimate of drug-likeness (QED) is 0.451. The fourth-order valence-electron chi connectivity index (χ4n) is 4.43. The summed E-state index contributed by atoms with van der Waals surface area (Å²) in [6.45, 7) is 3.89. The van der Waals surface area contributed by atoms with Gasteiger partial charge in [-0.05, 0) is 98.8 Å². The molecule has 3 aromatic rings. The van der Waals surface area contributed by atoms with Crippen LogP contribution in [0.15, 0.2) is 40.2 Å². The highest BCUT2D eigenvalue weighted by Gasteiger charge is 2.28. The Labute approximate surface area is 204 Å². The highest BCUT2D eigenvalue weighted by molar-refractivity contribution is 8.18. The van der Waals surface area contributed by atoms with Gasteiger partial charge in [0.15, 0.2) is 5.17 Å². The largest absolute Gasteiger partial charge is 0.478 e. The van der Waals surface area contributed by atoms with Gasteiger partial charge in [0.05, 0.1) is 16.2 Å². The lowest BCUT2D eigenvalue weighted by atomic mass is 9.95. The van der Waals surface area contributed by atoms with E-state index >= 15 is 0 Å². The van der Waals surface area contributed by atoms with Crippen LogP contribution in [0.4, 0.5) is 10.1 Å².